The van der Waals surface area contributed by atoms with Crippen molar-refractivity contribution in [1.82, 2.24) is 0 Å². The van der Waals surface area contributed by atoms with Gasteiger partial charge in [0, 0.05) is 64.0 Å². The molecule has 6 heteroatoms. The van der Waals surface area contributed by atoms with Gasteiger partial charge in [0.1, 0.15) is 18.5 Å². The minimum absolute atomic E-state index is 0.298. The van der Waals surface area contributed by atoms with Gasteiger partial charge in [-0.05, 0) is 6.07 Å². The fraction of sp³-hybridized carbons (Fsp3) is 0.533. The quantitative estimate of drug-likeness (QED) is 0.553. The van der Waals surface area contributed by atoms with Crippen molar-refractivity contribution in [2.75, 3.05) is 49.9 Å². The summed E-state index contributed by atoms with van der Waals surface area (Å²) in [7, 11) is 7.94. The Morgan fingerprint density at radius 3 is 2.05 bits per heavy atom. The summed E-state index contributed by atoms with van der Waals surface area (Å²) in [6.07, 6.45) is -0.298. The van der Waals surface area contributed by atoms with Crippen molar-refractivity contribution in [2.24, 2.45) is 0 Å². The summed E-state index contributed by atoms with van der Waals surface area (Å²) in [6, 6.07) is 6.01. The van der Waals surface area contributed by atoms with Gasteiger partial charge in [0.15, 0.2) is 0 Å². The smallest absolute Gasteiger partial charge is 0.303 e. The van der Waals surface area contributed by atoms with E-state index >= 15 is 0 Å². The number of rotatable bonds is 7. The monoisotopic (exact) mass is 358 g/mol. The molecule has 0 aromatic heterocycles. The van der Waals surface area contributed by atoms with Gasteiger partial charge in [-0.25, -0.2) is 0 Å². The molecule has 0 aliphatic heterocycles. The molecule has 1 unspecified atom stereocenters. The van der Waals surface area contributed by atoms with E-state index in [2.05, 4.69) is 22.0 Å². The molecule has 1 aromatic carbocycles. The van der Waals surface area contributed by atoms with Crippen molar-refractivity contribution in [3.63, 3.8) is 0 Å². The fourth-order valence-electron chi connectivity index (χ4n) is 1.70. The topological polar surface area (TPSA) is 42.0 Å². The summed E-state index contributed by atoms with van der Waals surface area (Å²) in [5.74, 6) is 0.446. The molecule has 1 rings (SSSR count). The minimum atomic E-state index is -0.306. The molecule has 0 spiro atoms. The van der Waals surface area contributed by atoms with Crippen LogP contribution in [0.5, 0.6) is 5.75 Å². The third-order valence-electron chi connectivity index (χ3n) is 2.85. The Kier molecular flexibility index (Phi) is 6.81. The summed E-state index contributed by atoms with van der Waals surface area (Å²) in [5.41, 5.74) is 2.11. The van der Waals surface area contributed by atoms with Crippen LogP contribution >= 0.6 is 15.9 Å². The summed E-state index contributed by atoms with van der Waals surface area (Å²) < 4.78 is 10.9. The average Bonchev–Trinajstić information content (AvgIpc) is 2.42. The first kappa shape index (κ1) is 17.6. The SMILES string of the molecule is CC(=O)OC(CBr)COc1cc(N(C)C)cc(N(C)C)c1. The minimum Gasteiger partial charge on any atom is -0.490 e. The van der Waals surface area contributed by atoms with E-state index in [0.29, 0.717) is 11.9 Å². The second kappa shape index (κ2) is 8.12. The lowest BCUT2D eigenvalue weighted by molar-refractivity contribution is -0.146. The summed E-state index contributed by atoms with van der Waals surface area (Å²) in [4.78, 5) is 15.0. The molecule has 0 saturated heterocycles. The van der Waals surface area contributed by atoms with E-state index in [1.54, 1.807) is 0 Å². The van der Waals surface area contributed by atoms with Gasteiger partial charge in [0.05, 0.1) is 0 Å². The van der Waals surface area contributed by atoms with Crippen LogP contribution in [-0.2, 0) is 9.53 Å². The first-order valence-corrected chi connectivity index (χ1v) is 7.81. The summed E-state index contributed by atoms with van der Waals surface area (Å²) >= 11 is 3.32. The first-order chi connectivity index (χ1) is 9.83. The number of benzene rings is 1. The van der Waals surface area contributed by atoms with Crippen LogP contribution < -0.4 is 14.5 Å². The van der Waals surface area contributed by atoms with Crippen molar-refractivity contribution in [3.8, 4) is 5.75 Å². The molecule has 0 heterocycles. The van der Waals surface area contributed by atoms with Crippen LogP contribution in [0.2, 0.25) is 0 Å². The molecule has 21 heavy (non-hydrogen) atoms. The number of alkyl halides is 1. The lowest BCUT2D eigenvalue weighted by Crippen LogP contribution is -2.25. The fourth-order valence-corrected chi connectivity index (χ4v) is 2.02. The van der Waals surface area contributed by atoms with Crippen LogP contribution in [0.1, 0.15) is 6.92 Å². The van der Waals surface area contributed by atoms with Gasteiger partial charge in [-0.2, -0.15) is 0 Å². The third kappa shape index (κ3) is 5.83. The van der Waals surface area contributed by atoms with Crippen LogP contribution in [0, 0.1) is 0 Å². The number of ether oxygens (including phenoxy) is 2. The van der Waals surface area contributed by atoms with Crippen LogP contribution in [0.25, 0.3) is 0 Å². The molecule has 5 nitrogen and oxygen atoms in total. The predicted octanol–water partition coefficient (Wildman–Crippen LogP) is 2.52. The van der Waals surface area contributed by atoms with E-state index < -0.39 is 0 Å². The van der Waals surface area contributed by atoms with Gasteiger partial charge >= 0.3 is 5.97 Å². The van der Waals surface area contributed by atoms with Crippen LogP contribution in [0.3, 0.4) is 0 Å². The molecule has 0 fully saturated rings. The van der Waals surface area contributed by atoms with Crippen LogP contribution in [0.15, 0.2) is 18.2 Å². The second-order valence-corrected chi connectivity index (χ2v) is 5.82. The molecule has 0 N–H and O–H groups in total. The molecule has 1 atom stereocenters. The highest BCUT2D eigenvalue weighted by molar-refractivity contribution is 9.09. The van der Waals surface area contributed by atoms with Gasteiger partial charge in [0.25, 0.3) is 0 Å². The second-order valence-electron chi connectivity index (χ2n) is 5.17. The summed E-state index contributed by atoms with van der Waals surface area (Å²) in [6.45, 7) is 1.71. The largest absolute Gasteiger partial charge is 0.490 e. The Balaban J connectivity index is 2.84. The Morgan fingerprint density at radius 2 is 1.67 bits per heavy atom. The third-order valence-corrected chi connectivity index (χ3v) is 3.57. The lowest BCUT2D eigenvalue weighted by atomic mass is 10.2. The first-order valence-electron chi connectivity index (χ1n) is 6.69. The molecule has 0 radical (unpaired) electrons. The lowest BCUT2D eigenvalue weighted by Gasteiger charge is -2.21. The molecule has 0 bridgehead atoms. The Hall–Kier alpha value is -1.43. The molecule has 0 aliphatic carbocycles. The van der Waals surface area contributed by atoms with Crippen molar-refractivity contribution in [2.45, 2.75) is 13.0 Å². The highest BCUT2D eigenvalue weighted by Crippen LogP contribution is 2.27. The number of halogens is 1. The zero-order valence-electron chi connectivity index (χ0n) is 13.2. The van der Waals surface area contributed by atoms with Gasteiger partial charge in [-0.1, -0.05) is 15.9 Å². The Morgan fingerprint density at radius 1 is 1.14 bits per heavy atom. The van der Waals surface area contributed by atoms with Crippen molar-refractivity contribution in [1.29, 1.82) is 0 Å². The number of hydrogen-bond donors (Lipinski definition) is 0. The summed E-state index contributed by atoms with van der Waals surface area (Å²) in [5, 5.41) is 0.542. The maximum Gasteiger partial charge on any atom is 0.303 e. The standard InChI is InChI=1S/C15H23BrN2O3/c1-11(19)21-15(9-16)10-20-14-7-12(17(2)3)6-13(8-14)18(4)5/h6-8,15H,9-10H2,1-5H3. The molecule has 0 amide bonds. The van der Waals surface area contributed by atoms with Gasteiger partial charge in [-0.15, -0.1) is 0 Å². The predicted molar refractivity (Wildman–Crippen MR) is 89.9 cm³/mol. The van der Waals surface area contributed by atoms with Gasteiger partial charge < -0.3 is 19.3 Å². The number of carbonyl (C=O) groups is 1. The number of nitrogens with zero attached hydrogens (tertiary/aromatic N) is 2. The Bertz CT molecular complexity index is 452. The zero-order valence-corrected chi connectivity index (χ0v) is 14.8. The van der Waals surface area contributed by atoms with E-state index in [1.165, 1.54) is 6.92 Å². The van der Waals surface area contributed by atoms with Crippen molar-refractivity contribution >= 4 is 33.3 Å². The van der Waals surface area contributed by atoms with Gasteiger partial charge in [-0.3, -0.25) is 4.79 Å². The molecule has 118 valence electrons. The normalized spacial score (nSPS) is 11.7. The molecule has 0 aliphatic rings. The van der Waals surface area contributed by atoms with Crippen molar-refractivity contribution in [3.05, 3.63) is 18.2 Å². The number of anilines is 2. The number of carbonyl (C=O) groups excluding carboxylic acids is 1. The zero-order chi connectivity index (χ0) is 16.0. The van der Waals surface area contributed by atoms with Crippen LogP contribution in [0.4, 0.5) is 11.4 Å². The van der Waals surface area contributed by atoms with E-state index in [1.807, 2.05) is 50.1 Å². The highest BCUT2D eigenvalue weighted by Gasteiger charge is 2.12. The Labute approximate surface area is 134 Å². The molecular weight excluding hydrogens is 336 g/mol. The van der Waals surface area contributed by atoms with E-state index in [0.717, 1.165) is 17.1 Å². The molecule has 0 saturated carbocycles. The number of hydrogen-bond acceptors (Lipinski definition) is 5. The highest BCUT2D eigenvalue weighted by atomic mass is 79.9. The van der Waals surface area contributed by atoms with E-state index in [9.17, 15) is 4.79 Å². The van der Waals surface area contributed by atoms with E-state index in [4.69, 9.17) is 9.47 Å². The average molecular weight is 359 g/mol. The van der Waals surface area contributed by atoms with Gasteiger partial charge in [0.2, 0.25) is 0 Å². The van der Waals surface area contributed by atoms with Crippen LogP contribution in [-0.4, -0.2) is 52.2 Å². The van der Waals surface area contributed by atoms with Crippen molar-refractivity contribution < 1.29 is 14.3 Å². The van der Waals surface area contributed by atoms with E-state index in [-0.39, 0.29) is 12.1 Å². The molecule has 1 aromatic rings. The number of esters is 1. The maximum atomic E-state index is 11.0. The molecular formula is C15H23BrN2O3. The maximum absolute atomic E-state index is 11.0.